The topological polar surface area (TPSA) is 53.0 Å². The van der Waals surface area contributed by atoms with Gasteiger partial charge in [0.05, 0.1) is 13.2 Å². The number of aromatic nitrogens is 1. The molecule has 1 saturated carbocycles. The fourth-order valence-electron chi connectivity index (χ4n) is 3.33. The summed E-state index contributed by atoms with van der Waals surface area (Å²) in [6.45, 7) is 8.39. The summed E-state index contributed by atoms with van der Waals surface area (Å²) >= 11 is 0. The van der Waals surface area contributed by atoms with Gasteiger partial charge in [0.1, 0.15) is 5.82 Å². The van der Waals surface area contributed by atoms with Crippen molar-refractivity contribution in [3.05, 3.63) is 23.9 Å². The van der Waals surface area contributed by atoms with Crippen LogP contribution in [0.25, 0.3) is 0 Å². The smallest absolute Gasteiger partial charge is 0.194 e. The summed E-state index contributed by atoms with van der Waals surface area (Å²) in [6, 6.07) is 4.26. The van der Waals surface area contributed by atoms with Crippen LogP contribution in [0.1, 0.15) is 44.6 Å². The van der Waals surface area contributed by atoms with Crippen LogP contribution in [0.4, 0.5) is 5.82 Å². The van der Waals surface area contributed by atoms with E-state index in [0.717, 1.165) is 57.1 Å². The highest BCUT2D eigenvalue weighted by molar-refractivity contribution is 5.79. The average molecular weight is 374 g/mol. The molecule has 0 aromatic carbocycles. The molecule has 2 heterocycles. The Morgan fingerprint density at radius 1 is 1.33 bits per heavy atom. The fraction of sp³-hybridized carbons (Fsp3) is 0.714. The van der Waals surface area contributed by atoms with Gasteiger partial charge in [0.15, 0.2) is 5.96 Å². The normalized spacial score (nSPS) is 17.9. The van der Waals surface area contributed by atoms with E-state index < -0.39 is 0 Å². The highest BCUT2D eigenvalue weighted by atomic mass is 16.5. The molecule has 1 aliphatic heterocycles. The number of guanidine groups is 1. The Hall–Kier alpha value is -1.82. The van der Waals surface area contributed by atoms with Crippen LogP contribution in [0.2, 0.25) is 0 Å². The third-order valence-electron chi connectivity index (χ3n) is 5.22. The molecule has 6 heteroatoms. The first-order chi connectivity index (χ1) is 13.3. The first-order valence-corrected chi connectivity index (χ1v) is 10.5. The number of hydrogen-bond donors (Lipinski definition) is 1. The van der Waals surface area contributed by atoms with Crippen molar-refractivity contribution in [1.29, 1.82) is 0 Å². The molecule has 1 aromatic heterocycles. The van der Waals surface area contributed by atoms with Crippen LogP contribution in [-0.2, 0) is 11.3 Å². The molecule has 1 aliphatic carbocycles. The zero-order valence-corrected chi connectivity index (χ0v) is 17.0. The predicted molar refractivity (Wildman–Crippen MR) is 111 cm³/mol. The molecule has 2 fully saturated rings. The minimum absolute atomic E-state index is 0.666. The summed E-state index contributed by atoms with van der Waals surface area (Å²) in [7, 11) is 2.08. The lowest BCUT2D eigenvalue weighted by Gasteiger charge is -2.27. The fourth-order valence-corrected chi connectivity index (χ4v) is 3.33. The summed E-state index contributed by atoms with van der Waals surface area (Å²) in [5.41, 5.74) is 1.21. The summed E-state index contributed by atoms with van der Waals surface area (Å²) < 4.78 is 5.76. The third-order valence-corrected chi connectivity index (χ3v) is 5.22. The van der Waals surface area contributed by atoms with Gasteiger partial charge in [0, 0.05) is 46.0 Å². The van der Waals surface area contributed by atoms with Gasteiger partial charge >= 0.3 is 0 Å². The lowest BCUT2D eigenvalue weighted by molar-refractivity contribution is 0.115. The summed E-state index contributed by atoms with van der Waals surface area (Å²) in [6.07, 6.45) is 8.46. The quantitative estimate of drug-likeness (QED) is 0.410. The molecule has 0 bridgehead atoms. The maximum atomic E-state index is 5.76. The lowest BCUT2D eigenvalue weighted by atomic mass is 10.1. The van der Waals surface area contributed by atoms with E-state index in [4.69, 9.17) is 9.73 Å². The van der Waals surface area contributed by atoms with Crippen LogP contribution in [0.15, 0.2) is 23.3 Å². The molecule has 0 radical (unpaired) electrons. The molecule has 150 valence electrons. The molecule has 1 N–H and O–H groups in total. The minimum atomic E-state index is 0.666. The average Bonchev–Trinajstić information content (AvgIpc) is 3.53. The standard InChI is InChI=1S/C21H35N5O/c1-3-22-21(25(2)13-14-27-17-18-7-8-18)24-16-19-9-10-23-20(15-19)26-11-5-4-6-12-26/h9-10,15,18H,3-8,11-14,16-17H2,1-2H3,(H,22,24). The van der Waals surface area contributed by atoms with E-state index in [0.29, 0.717) is 6.54 Å². The van der Waals surface area contributed by atoms with E-state index in [1.54, 1.807) is 0 Å². The SMILES string of the molecule is CCNC(=NCc1ccnc(N2CCCCC2)c1)N(C)CCOCC1CC1. The molecule has 2 aliphatic rings. The second-order valence-electron chi connectivity index (χ2n) is 7.68. The van der Waals surface area contributed by atoms with Gasteiger partial charge in [-0.15, -0.1) is 0 Å². The molecule has 0 atom stereocenters. The number of piperidine rings is 1. The molecule has 3 rings (SSSR count). The number of likely N-dealkylation sites (N-methyl/N-ethyl adjacent to an activating group) is 1. The number of anilines is 1. The van der Waals surface area contributed by atoms with E-state index in [-0.39, 0.29) is 0 Å². The number of ether oxygens (including phenoxy) is 1. The van der Waals surface area contributed by atoms with Crippen molar-refractivity contribution in [3.8, 4) is 0 Å². The number of nitrogens with one attached hydrogen (secondary N) is 1. The Morgan fingerprint density at radius 3 is 2.89 bits per heavy atom. The van der Waals surface area contributed by atoms with Crippen molar-refractivity contribution in [3.63, 3.8) is 0 Å². The number of aliphatic imine (C=N–C) groups is 1. The molecule has 0 unspecified atom stereocenters. The van der Waals surface area contributed by atoms with Crippen LogP contribution >= 0.6 is 0 Å². The van der Waals surface area contributed by atoms with Gasteiger partial charge in [-0.1, -0.05) is 0 Å². The first-order valence-electron chi connectivity index (χ1n) is 10.5. The van der Waals surface area contributed by atoms with Gasteiger partial charge in [-0.25, -0.2) is 9.98 Å². The lowest BCUT2D eigenvalue weighted by Crippen LogP contribution is -2.40. The summed E-state index contributed by atoms with van der Waals surface area (Å²) in [4.78, 5) is 13.9. The molecular weight excluding hydrogens is 338 g/mol. The zero-order chi connectivity index (χ0) is 18.9. The van der Waals surface area contributed by atoms with Crippen LogP contribution in [0.3, 0.4) is 0 Å². The van der Waals surface area contributed by atoms with Crippen molar-refractivity contribution in [2.24, 2.45) is 10.9 Å². The number of hydrogen-bond acceptors (Lipinski definition) is 4. The maximum absolute atomic E-state index is 5.76. The maximum Gasteiger partial charge on any atom is 0.194 e. The molecular formula is C21H35N5O. The molecule has 6 nitrogen and oxygen atoms in total. The van der Waals surface area contributed by atoms with E-state index in [2.05, 4.69) is 46.2 Å². The van der Waals surface area contributed by atoms with Crippen molar-refractivity contribution in [1.82, 2.24) is 15.2 Å². The van der Waals surface area contributed by atoms with Gasteiger partial charge in [0.2, 0.25) is 0 Å². The van der Waals surface area contributed by atoms with Crippen molar-refractivity contribution in [2.75, 3.05) is 51.3 Å². The summed E-state index contributed by atoms with van der Waals surface area (Å²) in [5.74, 6) is 2.84. The molecule has 1 aromatic rings. The van der Waals surface area contributed by atoms with E-state index in [9.17, 15) is 0 Å². The van der Waals surface area contributed by atoms with Crippen LogP contribution in [0.5, 0.6) is 0 Å². The van der Waals surface area contributed by atoms with E-state index in [1.807, 2.05) is 6.20 Å². The van der Waals surface area contributed by atoms with Crippen LogP contribution in [-0.4, -0.2) is 62.3 Å². The van der Waals surface area contributed by atoms with E-state index in [1.165, 1.54) is 37.7 Å². The third kappa shape index (κ3) is 6.69. The van der Waals surface area contributed by atoms with Gasteiger partial charge < -0.3 is 19.9 Å². The Kier molecular flexibility index (Phi) is 7.75. The number of nitrogens with zero attached hydrogens (tertiary/aromatic N) is 4. The molecule has 0 spiro atoms. The molecule has 0 amide bonds. The van der Waals surface area contributed by atoms with Gasteiger partial charge in [-0.05, 0) is 62.6 Å². The monoisotopic (exact) mass is 373 g/mol. The predicted octanol–water partition coefficient (Wildman–Crippen LogP) is 2.90. The van der Waals surface area contributed by atoms with Crippen LogP contribution < -0.4 is 10.2 Å². The Balaban J connectivity index is 1.53. The second kappa shape index (κ2) is 10.5. The molecule has 1 saturated heterocycles. The Bertz CT molecular complexity index is 596. The largest absolute Gasteiger partial charge is 0.379 e. The first kappa shape index (κ1) is 19.9. The Morgan fingerprint density at radius 2 is 2.15 bits per heavy atom. The highest BCUT2D eigenvalue weighted by Gasteiger charge is 2.21. The van der Waals surface area contributed by atoms with Gasteiger partial charge in [0.25, 0.3) is 0 Å². The van der Waals surface area contributed by atoms with Crippen LogP contribution in [0, 0.1) is 5.92 Å². The highest BCUT2D eigenvalue weighted by Crippen LogP contribution is 2.28. The number of rotatable bonds is 9. The van der Waals surface area contributed by atoms with Gasteiger partial charge in [-0.3, -0.25) is 0 Å². The van der Waals surface area contributed by atoms with Crippen molar-refractivity contribution < 1.29 is 4.74 Å². The summed E-state index contributed by atoms with van der Waals surface area (Å²) in [5, 5.41) is 3.39. The van der Waals surface area contributed by atoms with Crippen molar-refractivity contribution >= 4 is 11.8 Å². The van der Waals surface area contributed by atoms with Crippen molar-refractivity contribution in [2.45, 2.75) is 45.6 Å². The second-order valence-corrected chi connectivity index (χ2v) is 7.68. The zero-order valence-electron chi connectivity index (χ0n) is 17.0. The molecule has 27 heavy (non-hydrogen) atoms. The van der Waals surface area contributed by atoms with E-state index >= 15 is 0 Å². The van der Waals surface area contributed by atoms with Gasteiger partial charge in [-0.2, -0.15) is 0 Å². The Labute approximate surface area is 164 Å². The number of pyridine rings is 1. The minimum Gasteiger partial charge on any atom is -0.379 e.